The molecule has 1 fully saturated rings. The first-order valence-electron chi connectivity index (χ1n) is 6.99. The summed E-state index contributed by atoms with van der Waals surface area (Å²) in [4.78, 5) is 6.51. The Morgan fingerprint density at radius 1 is 1.38 bits per heavy atom. The Morgan fingerprint density at radius 3 is 2.81 bits per heavy atom. The molecule has 1 aliphatic carbocycles. The van der Waals surface area contributed by atoms with Crippen molar-refractivity contribution in [2.75, 3.05) is 18.1 Å². The van der Waals surface area contributed by atoms with E-state index in [4.69, 9.17) is 10.9 Å². The van der Waals surface area contributed by atoms with Gasteiger partial charge in [0.15, 0.2) is 5.84 Å². The maximum Gasteiger partial charge on any atom is 0.173 e. The maximum absolute atomic E-state index is 9.37. The molecule has 0 aliphatic heterocycles. The highest BCUT2D eigenvalue weighted by Gasteiger charge is 2.31. The van der Waals surface area contributed by atoms with Crippen molar-refractivity contribution in [3.05, 3.63) is 36.0 Å². The van der Waals surface area contributed by atoms with E-state index in [1.807, 2.05) is 24.3 Å². The Balaban J connectivity index is 2.24. The summed E-state index contributed by atoms with van der Waals surface area (Å²) in [5.41, 5.74) is 8.14. The van der Waals surface area contributed by atoms with E-state index < -0.39 is 0 Å². The number of aromatic nitrogens is 1. The Hall–Kier alpha value is -2.34. The largest absolute Gasteiger partial charge is 0.409 e. The summed E-state index contributed by atoms with van der Waals surface area (Å²) in [6.45, 7) is 0.577. The van der Waals surface area contributed by atoms with Crippen LogP contribution in [-0.2, 0) is 0 Å². The van der Waals surface area contributed by atoms with Crippen LogP contribution in [0.25, 0.3) is 10.9 Å². The lowest BCUT2D eigenvalue weighted by atomic mass is 10.1. The summed E-state index contributed by atoms with van der Waals surface area (Å²) < 4.78 is 0. The number of aliphatic hydroxyl groups is 1. The molecule has 2 aromatic rings. The fraction of sp³-hybridized carbons (Fsp3) is 0.333. The predicted octanol–water partition coefficient (Wildman–Crippen LogP) is 1.29. The SMILES string of the molecule is NC(=NO)c1cnc2ccccc2c1N(CCO)C1CC1. The second kappa shape index (κ2) is 5.57. The number of nitrogens with zero attached hydrogens (tertiary/aromatic N) is 3. The lowest BCUT2D eigenvalue weighted by Crippen LogP contribution is -2.31. The van der Waals surface area contributed by atoms with Gasteiger partial charge in [-0.25, -0.2) is 0 Å². The van der Waals surface area contributed by atoms with Crippen LogP contribution in [0.1, 0.15) is 18.4 Å². The average Bonchev–Trinajstić information content (AvgIpc) is 3.36. The summed E-state index contributed by atoms with van der Waals surface area (Å²) in [6.07, 6.45) is 3.80. The third kappa shape index (κ3) is 2.50. The second-order valence-electron chi connectivity index (χ2n) is 5.17. The average molecular weight is 286 g/mol. The minimum absolute atomic E-state index is 0.0341. The molecule has 0 atom stereocenters. The highest BCUT2D eigenvalue weighted by molar-refractivity contribution is 6.09. The highest BCUT2D eigenvalue weighted by atomic mass is 16.4. The molecule has 6 heteroatoms. The molecule has 0 saturated heterocycles. The Bertz CT molecular complexity index is 682. The molecular formula is C15H18N4O2. The number of rotatable bonds is 5. The van der Waals surface area contributed by atoms with Crippen LogP contribution in [-0.4, -0.2) is 40.3 Å². The van der Waals surface area contributed by atoms with Crippen molar-refractivity contribution in [3.63, 3.8) is 0 Å². The Morgan fingerprint density at radius 2 is 2.14 bits per heavy atom. The number of aliphatic hydroxyl groups excluding tert-OH is 1. The second-order valence-corrected chi connectivity index (χ2v) is 5.17. The number of benzene rings is 1. The van der Waals surface area contributed by atoms with Crippen molar-refractivity contribution in [3.8, 4) is 0 Å². The molecule has 0 spiro atoms. The van der Waals surface area contributed by atoms with Crippen molar-refractivity contribution in [2.45, 2.75) is 18.9 Å². The van der Waals surface area contributed by atoms with Gasteiger partial charge in [-0.3, -0.25) is 4.98 Å². The van der Waals surface area contributed by atoms with Gasteiger partial charge >= 0.3 is 0 Å². The minimum Gasteiger partial charge on any atom is -0.409 e. The first-order chi connectivity index (χ1) is 10.3. The molecule has 110 valence electrons. The number of amidine groups is 1. The van der Waals surface area contributed by atoms with Crippen LogP contribution in [0.2, 0.25) is 0 Å². The van der Waals surface area contributed by atoms with E-state index in [2.05, 4.69) is 15.0 Å². The van der Waals surface area contributed by atoms with Gasteiger partial charge < -0.3 is 20.9 Å². The van der Waals surface area contributed by atoms with Gasteiger partial charge in [-0.05, 0) is 18.9 Å². The molecule has 1 heterocycles. The molecule has 0 amide bonds. The predicted molar refractivity (Wildman–Crippen MR) is 81.7 cm³/mol. The number of nitrogens with two attached hydrogens (primary N) is 1. The standard InChI is InChI=1S/C15H18N4O2/c16-15(18-21)12-9-17-13-4-2-1-3-11(13)14(12)19(7-8-20)10-5-6-10/h1-4,9-10,20-21H,5-8H2,(H2,16,18). The number of pyridine rings is 1. The third-order valence-corrected chi connectivity index (χ3v) is 3.75. The summed E-state index contributed by atoms with van der Waals surface area (Å²) in [5, 5.41) is 22.4. The van der Waals surface area contributed by atoms with Gasteiger partial charge in [0.1, 0.15) is 0 Å². The third-order valence-electron chi connectivity index (χ3n) is 3.75. The molecule has 0 radical (unpaired) electrons. The lowest BCUT2D eigenvalue weighted by Gasteiger charge is -2.27. The van der Waals surface area contributed by atoms with Gasteiger partial charge in [0.2, 0.25) is 0 Å². The van der Waals surface area contributed by atoms with Gasteiger partial charge in [0.05, 0.1) is 23.4 Å². The van der Waals surface area contributed by atoms with Crippen LogP contribution in [0.5, 0.6) is 0 Å². The van der Waals surface area contributed by atoms with Crippen LogP contribution in [0.3, 0.4) is 0 Å². The number of hydrogen-bond donors (Lipinski definition) is 3. The number of para-hydroxylation sites is 1. The van der Waals surface area contributed by atoms with Crippen molar-refractivity contribution >= 4 is 22.4 Å². The van der Waals surface area contributed by atoms with Gasteiger partial charge in [0, 0.05) is 24.2 Å². The number of anilines is 1. The van der Waals surface area contributed by atoms with Gasteiger partial charge in [-0.15, -0.1) is 0 Å². The smallest absolute Gasteiger partial charge is 0.173 e. The quantitative estimate of drug-likeness (QED) is 0.333. The topological polar surface area (TPSA) is 95.0 Å². The van der Waals surface area contributed by atoms with Crippen LogP contribution in [0, 0.1) is 0 Å². The zero-order chi connectivity index (χ0) is 14.8. The van der Waals surface area contributed by atoms with E-state index in [0.29, 0.717) is 18.2 Å². The maximum atomic E-state index is 9.37. The normalized spacial score (nSPS) is 15.4. The molecule has 0 bridgehead atoms. The number of hydrogen-bond acceptors (Lipinski definition) is 5. The van der Waals surface area contributed by atoms with Crippen molar-refractivity contribution in [1.82, 2.24) is 4.98 Å². The molecule has 1 aromatic carbocycles. The minimum atomic E-state index is 0.0341. The number of fused-ring (bicyclic) bond motifs is 1. The van der Waals surface area contributed by atoms with Crippen molar-refractivity contribution < 1.29 is 10.3 Å². The van der Waals surface area contributed by atoms with Crippen LogP contribution in [0.4, 0.5) is 5.69 Å². The van der Waals surface area contributed by atoms with Crippen molar-refractivity contribution in [2.24, 2.45) is 10.9 Å². The summed E-state index contributed by atoms with van der Waals surface area (Å²) in [7, 11) is 0. The molecule has 6 nitrogen and oxygen atoms in total. The van der Waals surface area contributed by atoms with Gasteiger partial charge in [-0.1, -0.05) is 23.4 Å². The van der Waals surface area contributed by atoms with E-state index >= 15 is 0 Å². The molecular weight excluding hydrogens is 268 g/mol. The molecule has 0 unspecified atom stereocenters. The molecule has 3 rings (SSSR count). The zero-order valence-corrected chi connectivity index (χ0v) is 11.6. The monoisotopic (exact) mass is 286 g/mol. The molecule has 1 aromatic heterocycles. The van der Waals surface area contributed by atoms with E-state index in [0.717, 1.165) is 29.4 Å². The fourth-order valence-corrected chi connectivity index (χ4v) is 2.65. The molecule has 1 aliphatic rings. The van der Waals surface area contributed by atoms with Gasteiger partial charge in [-0.2, -0.15) is 0 Å². The molecule has 4 N–H and O–H groups in total. The zero-order valence-electron chi connectivity index (χ0n) is 11.6. The van der Waals surface area contributed by atoms with E-state index in [9.17, 15) is 5.11 Å². The van der Waals surface area contributed by atoms with E-state index in [1.54, 1.807) is 6.20 Å². The van der Waals surface area contributed by atoms with Crippen LogP contribution >= 0.6 is 0 Å². The molecule has 21 heavy (non-hydrogen) atoms. The number of oxime groups is 1. The van der Waals surface area contributed by atoms with E-state index in [-0.39, 0.29) is 12.4 Å². The Labute approximate surface area is 122 Å². The molecule has 1 saturated carbocycles. The first-order valence-corrected chi connectivity index (χ1v) is 6.99. The lowest BCUT2D eigenvalue weighted by molar-refractivity contribution is 0.301. The van der Waals surface area contributed by atoms with Gasteiger partial charge in [0.25, 0.3) is 0 Å². The fourth-order valence-electron chi connectivity index (χ4n) is 2.65. The van der Waals surface area contributed by atoms with E-state index in [1.165, 1.54) is 0 Å². The van der Waals surface area contributed by atoms with Crippen molar-refractivity contribution in [1.29, 1.82) is 0 Å². The van der Waals surface area contributed by atoms with Crippen LogP contribution in [0.15, 0.2) is 35.6 Å². The summed E-state index contributed by atoms with van der Waals surface area (Å²) >= 11 is 0. The summed E-state index contributed by atoms with van der Waals surface area (Å²) in [6, 6.07) is 8.16. The van der Waals surface area contributed by atoms with Crippen LogP contribution < -0.4 is 10.6 Å². The highest BCUT2D eigenvalue weighted by Crippen LogP contribution is 2.37. The summed E-state index contributed by atoms with van der Waals surface area (Å²) in [5.74, 6) is 0.0341. The Kier molecular flexibility index (Phi) is 3.62. The first kappa shape index (κ1) is 13.6.